The quantitative estimate of drug-likeness (QED) is 0.853. The molecule has 0 bridgehead atoms. The molecular formula is C8H8BrF3N2. The van der Waals surface area contributed by atoms with E-state index in [2.05, 4.69) is 20.9 Å². The third-order valence-electron chi connectivity index (χ3n) is 1.63. The molecule has 0 aliphatic heterocycles. The van der Waals surface area contributed by atoms with Crippen molar-refractivity contribution in [3.05, 3.63) is 28.2 Å². The van der Waals surface area contributed by atoms with E-state index in [4.69, 9.17) is 5.73 Å². The number of nitrogens with zero attached hydrogens (tertiary/aromatic N) is 1. The van der Waals surface area contributed by atoms with Gasteiger partial charge in [-0.25, -0.2) is 13.8 Å². The Hall–Kier alpha value is -0.620. The molecule has 0 atom stereocenters. The second-order valence-corrected chi connectivity index (χ2v) is 3.76. The van der Waals surface area contributed by atoms with E-state index in [1.165, 1.54) is 12.3 Å². The van der Waals surface area contributed by atoms with Crippen LogP contribution in [0, 0.1) is 5.95 Å². The molecule has 2 N–H and O–H groups in total. The number of hydrogen-bond acceptors (Lipinski definition) is 2. The molecule has 0 aliphatic rings. The summed E-state index contributed by atoms with van der Waals surface area (Å²) in [6.45, 7) is -0.807. The Morgan fingerprint density at radius 1 is 1.50 bits per heavy atom. The SMILES string of the molecule is NCC(F)(F)Cc1cc(Br)cnc1F. The largest absolute Gasteiger partial charge is 0.325 e. The van der Waals surface area contributed by atoms with E-state index in [-0.39, 0.29) is 5.56 Å². The molecule has 0 aromatic carbocycles. The molecule has 0 unspecified atom stereocenters. The molecule has 78 valence electrons. The Balaban J connectivity index is 2.91. The van der Waals surface area contributed by atoms with Crippen molar-refractivity contribution in [1.29, 1.82) is 0 Å². The van der Waals surface area contributed by atoms with Gasteiger partial charge < -0.3 is 5.73 Å². The van der Waals surface area contributed by atoms with Crippen molar-refractivity contribution in [2.75, 3.05) is 6.54 Å². The first kappa shape index (κ1) is 11.5. The standard InChI is InChI=1S/C8H8BrF3N2/c9-6-1-5(7(10)14-3-6)2-8(11,12)4-13/h1,3H,2,4,13H2. The van der Waals surface area contributed by atoms with Gasteiger partial charge in [0.15, 0.2) is 0 Å². The van der Waals surface area contributed by atoms with Gasteiger partial charge in [-0.05, 0) is 22.0 Å². The van der Waals surface area contributed by atoms with Gasteiger partial charge in [0.05, 0.1) is 6.54 Å². The van der Waals surface area contributed by atoms with E-state index in [0.29, 0.717) is 4.47 Å². The zero-order valence-electron chi connectivity index (χ0n) is 7.11. The molecule has 6 heteroatoms. The second-order valence-electron chi connectivity index (χ2n) is 2.84. The van der Waals surface area contributed by atoms with Crippen molar-refractivity contribution in [1.82, 2.24) is 4.98 Å². The molecule has 1 rings (SSSR count). The average Bonchev–Trinajstić information content (AvgIpc) is 2.11. The summed E-state index contributed by atoms with van der Waals surface area (Å²) < 4.78 is 39.0. The van der Waals surface area contributed by atoms with Crippen LogP contribution in [-0.2, 0) is 6.42 Å². The van der Waals surface area contributed by atoms with E-state index >= 15 is 0 Å². The molecule has 0 aliphatic carbocycles. The van der Waals surface area contributed by atoms with Crippen LogP contribution in [-0.4, -0.2) is 17.5 Å². The van der Waals surface area contributed by atoms with Crippen LogP contribution in [0.15, 0.2) is 16.7 Å². The van der Waals surface area contributed by atoms with Crippen LogP contribution in [0.3, 0.4) is 0 Å². The lowest BCUT2D eigenvalue weighted by Crippen LogP contribution is -2.30. The molecule has 2 nitrogen and oxygen atoms in total. The lowest BCUT2D eigenvalue weighted by molar-refractivity contribution is 0.0105. The fourth-order valence-corrected chi connectivity index (χ4v) is 1.32. The molecule has 0 radical (unpaired) electrons. The number of halogens is 4. The fourth-order valence-electron chi connectivity index (χ4n) is 0.939. The van der Waals surface area contributed by atoms with E-state index in [0.717, 1.165) is 0 Å². The van der Waals surface area contributed by atoms with Crippen LogP contribution >= 0.6 is 15.9 Å². The van der Waals surface area contributed by atoms with E-state index < -0.39 is 24.8 Å². The smallest absolute Gasteiger partial charge is 0.264 e. The summed E-state index contributed by atoms with van der Waals surface area (Å²) >= 11 is 3.02. The predicted molar refractivity (Wildman–Crippen MR) is 49.6 cm³/mol. The second kappa shape index (κ2) is 4.27. The number of pyridine rings is 1. The summed E-state index contributed by atoms with van der Waals surface area (Å²) in [7, 11) is 0. The highest BCUT2D eigenvalue weighted by atomic mass is 79.9. The molecule has 0 spiro atoms. The van der Waals surface area contributed by atoms with Crippen molar-refractivity contribution in [3.63, 3.8) is 0 Å². The van der Waals surface area contributed by atoms with Gasteiger partial charge in [-0.1, -0.05) is 0 Å². The number of alkyl halides is 2. The van der Waals surface area contributed by atoms with Gasteiger partial charge >= 0.3 is 0 Å². The summed E-state index contributed by atoms with van der Waals surface area (Å²) in [6, 6.07) is 1.27. The van der Waals surface area contributed by atoms with E-state index in [1.54, 1.807) is 0 Å². The third-order valence-corrected chi connectivity index (χ3v) is 2.06. The van der Waals surface area contributed by atoms with Gasteiger partial charge in [0, 0.05) is 22.7 Å². The maximum atomic E-state index is 12.9. The zero-order valence-corrected chi connectivity index (χ0v) is 8.69. The van der Waals surface area contributed by atoms with Crippen LogP contribution in [0.5, 0.6) is 0 Å². The first-order valence-electron chi connectivity index (χ1n) is 3.82. The average molecular weight is 269 g/mol. The normalized spacial score (nSPS) is 11.8. The summed E-state index contributed by atoms with van der Waals surface area (Å²) in [4.78, 5) is 3.31. The van der Waals surface area contributed by atoms with Gasteiger partial charge in [-0.15, -0.1) is 0 Å². The van der Waals surface area contributed by atoms with Crippen LogP contribution in [0.4, 0.5) is 13.2 Å². The molecule has 0 amide bonds. The van der Waals surface area contributed by atoms with Crippen LogP contribution < -0.4 is 5.73 Å². The lowest BCUT2D eigenvalue weighted by atomic mass is 10.1. The number of hydrogen-bond donors (Lipinski definition) is 1. The minimum Gasteiger partial charge on any atom is -0.325 e. The van der Waals surface area contributed by atoms with Crippen LogP contribution in [0.2, 0.25) is 0 Å². The van der Waals surface area contributed by atoms with Gasteiger partial charge in [0.2, 0.25) is 5.95 Å². The molecule has 14 heavy (non-hydrogen) atoms. The predicted octanol–water partition coefficient (Wildman–Crippen LogP) is 2.12. The Morgan fingerprint density at radius 2 is 2.14 bits per heavy atom. The molecule has 1 aromatic heterocycles. The lowest BCUT2D eigenvalue weighted by Gasteiger charge is -2.13. The summed E-state index contributed by atoms with van der Waals surface area (Å²) in [6.07, 6.45) is 0.473. The van der Waals surface area contributed by atoms with Gasteiger partial charge in [-0.2, -0.15) is 4.39 Å². The number of nitrogens with two attached hydrogens (primary N) is 1. The van der Waals surface area contributed by atoms with Crippen molar-refractivity contribution < 1.29 is 13.2 Å². The first-order valence-corrected chi connectivity index (χ1v) is 4.62. The topological polar surface area (TPSA) is 38.9 Å². The van der Waals surface area contributed by atoms with Crippen molar-refractivity contribution >= 4 is 15.9 Å². The van der Waals surface area contributed by atoms with Crippen molar-refractivity contribution in [2.45, 2.75) is 12.3 Å². The third kappa shape index (κ3) is 2.95. The number of aromatic nitrogens is 1. The van der Waals surface area contributed by atoms with Crippen molar-refractivity contribution in [3.8, 4) is 0 Å². The first-order chi connectivity index (χ1) is 6.44. The monoisotopic (exact) mass is 268 g/mol. The Kier molecular flexibility index (Phi) is 3.49. The highest BCUT2D eigenvalue weighted by molar-refractivity contribution is 9.10. The summed E-state index contributed by atoms with van der Waals surface area (Å²) in [5, 5.41) is 0. The summed E-state index contributed by atoms with van der Waals surface area (Å²) in [5.74, 6) is -3.98. The minimum absolute atomic E-state index is 0.144. The Labute approximate surface area is 87.4 Å². The maximum absolute atomic E-state index is 12.9. The molecule has 0 fully saturated rings. The van der Waals surface area contributed by atoms with Crippen LogP contribution in [0.1, 0.15) is 5.56 Å². The molecule has 0 saturated carbocycles. The number of rotatable bonds is 3. The Morgan fingerprint density at radius 3 is 2.71 bits per heavy atom. The van der Waals surface area contributed by atoms with Gasteiger partial charge in [0.25, 0.3) is 5.92 Å². The maximum Gasteiger partial charge on any atom is 0.264 e. The Bertz CT molecular complexity index is 330. The highest BCUT2D eigenvalue weighted by Crippen LogP contribution is 2.22. The van der Waals surface area contributed by atoms with Gasteiger partial charge in [-0.3, -0.25) is 0 Å². The van der Waals surface area contributed by atoms with E-state index in [9.17, 15) is 13.2 Å². The van der Waals surface area contributed by atoms with Crippen LogP contribution in [0.25, 0.3) is 0 Å². The fraction of sp³-hybridized carbons (Fsp3) is 0.375. The van der Waals surface area contributed by atoms with Gasteiger partial charge in [0.1, 0.15) is 0 Å². The molecule has 0 saturated heterocycles. The molecule has 1 aromatic rings. The highest BCUT2D eigenvalue weighted by Gasteiger charge is 2.28. The van der Waals surface area contributed by atoms with E-state index in [1.807, 2.05) is 0 Å². The summed E-state index contributed by atoms with van der Waals surface area (Å²) in [5.41, 5.74) is 4.69. The molecule has 1 heterocycles. The minimum atomic E-state index is -3.09. The van der Waals surface area contributed by atoms with Crippen molar-refractivity contribution in [2.24, 2.45) is 5.73 Å². The zero-order chi connectivity index (χ0) is 10.8. The molecular weight excluding hydrogens is 261 g/mol.